The van der Waals surface area contributed by atoms with Crippen LogP contribution in [0.4, 0.5) is 0 Å². The molecular weight excluding hydrogens is 266 g/mol. The van der Waals surface area contributed by atoms with Crippen LogP contribution >= 0.6 is 0 Å². The molecule has 1 aliphatic heterocycles. The molecule has 1 heterocycles. The zero-order valence-corrected chi connectivity index (χ0v) is 11.5. The second kappa shape index (κ2) is 5.28. The van der Waals surface area contributed by atoms with E-state index in [0.29, 0.717) is 6.54 Å². The van der Waals surface area contributed by atoms with Gasteiger partial charge in [0.1, 0.15) is 6.04 Å². The highest BCUT2D eigenvalue weighted by molar-refractivity contribution is 7.89. The number of hydrogen-bond acceptors (Lipinski definition) is 4. The number of hydrogen-bond donors (Lipinski definition) is 2. The van der Waals surface area contributed by atoms with Gasteiger partial charge in [-0.3, -0.25) is 4.79 Å². The minimum atomic E-state index is -3.68. The minimum absolute atomic E-state index is 0.186. The molecule has 2 rings (SSSR count). The monoisotopic (exact) mass is 283 g/mol. The van der Waals surface area contributed by atoms with Gasteiger partial charge in [-0.1, -0.05) is 17.7 Å². The van der Waals surface area contributed by atoms with E-state index in [2.05, 4.69) is 5.32 Å². The fourth-order valence-electron chi connectivity index (χ4n) is 2.06. The van der Waals surface area contributed by atoms with Crippen molar-refractivity contribution in [3.63, 3.8) is 0 Å². The van der Waals surface area contributed by atoms with Gasteiger partial charge in [0.15, 0.2) is 0 Å². The van der Waals surface area contributed by atoms with Crippen LogP contribution in [0.2, 0.25) is 0 Å². The number of benzene rings is 1. The van der Waals surface area contributed by atoms with Crippen molar-refractivity contribution in [3.8, 4) is 0 Å². The summed E-state index contributed by atoms with van der Waals surface area (Å²) < 4.78 is 26.2. The molecule has 1 fully saturated rings. The highest BCUT2D eigenvalue weighted by Crippen LogP contribution is 2.19. The molecule has 0 aromatic heterocycles. The van der Waals surface area contributed by atoms with Crippen molar-refractivity contribution in [2.24, 2.45) is 5.73 Å². The Balaban J connectivity index is 2.37. The Bertz CT molecular complexity index is 568. The molecule has 104 valence electrons. The normalized spacial score (nSPS) is 21.2. The van der Waals surface area contributed by atoms with Crippen LogP contribution in [0.1, 0.15) is 5.56 Å². The number of aryl methyl sites for hydroxylation is 1. The minimum Gasteiger partial charge on any atom is -0.368 e. The second-order valence-electron chi connectivity index (χ2n) is 4.55. The molecule has 0 aliphatic carbocycles. The van der Waals surface area contributed by atoms with Crippen molar-refractivity contribution < 1.29 is 13.2 Å². The van der Waals surface area contributed by atoms with E-state index in [1.165, 1.54) is 4.31 Å². The van der Waals surface area contributed by atoms with Gasteiger partial charge >= 0.3 is 0 Å². The molecular formula is C12H17N3O3S. The fraction of sp³-hybridized carbons (Fsp3) is 0.417. The number of sulfonamides is 1. The Kier molecular flexibility index (Phi) is 3.88. The lowest BCUT2D eigenvalue weighted by atomic mass is 10.2. The number of nitrogens with one attached hydrogen (secondary N) is 1. The van der Waals surface area contributed by atoms with Crippen LogP contribution in [-0.2, 0) is 14.8 Å². The molecule has 0 radical (unpaired) electrons. The Hall–Kier alpha value is -1.44. The van der Waals surface area contributed by atoms with E-state index < -0.39 is 22.0 Å². The highest BCUT2D eigenvalue weighted by atomic mass is 32.2. The van der Waals surface area contributed by atoms with Gasteiger partial charge in [-0.05, 0) is 19.1 Å². The molecule has 1 saturated heterocycles. The van der Waals surface area contributed by atoms with Crippen LogP contribution in [0.15, 0.2) is 29.2 Å². The SMILES string of the molecule is Cc1ccc(S(=O)(=O)N2CCNCC2C(N)=O)cc1. The van der Waals surface area contributed by atoms with Crippen molar-refractivity contribution in [1.29, 1.82) is 0 Å². The lowest BCUT2D eigenvalue weighted by molar-refractivity contribution is -0.122. The Labute approximate surface area is 112 Å². The standard InChI is InChI=1S/C12H17N3O3S/c1-9-2-4-10(5-3-9)19(17,18)15-7-6-14-8-11(15)12(13)16/h2-5,11,14H,6-8H2,1H3,(H2,13,16). The molecule has 1 aliphatic rings. The summed E-state index contributed by atoms with van der Waals surface area (Å²) in [7, 11) is -3.68. The van der Waals surface area contributed by atoms with Gasteiger partial charge in [0.2, 0.25) is 15.9 Å². The van der Waals surface area contributed by atoms with Crippen molar-refractivity contribution >= 4 is 15.9 Å². The van der Waals surface area contributed by atoms with Crippen LogP contribution in [0, 0.1) is 6.92 Å². The maximum Gasteiger partial charge on any atom is 0.243 e. The van der Waals surface area contributed by atoms with Crippen LogP contribution in [0.3, 0.4) is 0 Å². The number of amides is 1. The van der Waals surface area contributed by atoms with Gasteiger partial charge in [0.05, 0.1) is 4.90 Å². The first kappa shape index (κ1) is 14.0. The number of nitrogens with zero attached hydrogens (tertiary/aromatic N) is 1. The third-order valence-corrected chi connectivity index (χ3v) is 5.07. The summed E-state index contributed by atoms with van der Waals surface area (Å²) in [5.74, 6) is -0.636. The molecule has 1 unspecified atom stereocenters. The number of primary amides is 1. The number of carbonyl (C=O) groups is 1. The maximum atomic E-state index is 12.5. The van der Waals surface area contributed by atoms with Gasteiger partial charge in [-0.15, -0.1) is 0 Å². The summed E-state index contributed by atoms with van der Waals surface area (Å²) >= 11 is 0. The Morgan fingerprint density at radius 2 is 2.00 bits per heavy atom. The van der Waals surface area contributed by atoms with E-state index in [1.54, 1.807) is 24.3 Å². The lowest BCUT2D eigenvalue weighted by Gasteiger charge is -2.33. The van der Waals surface area contributed by atoms with Gasteiger partial charge in [0.25, 0.3) is 0 Å². The third-order valence-electron chi connectivity index (χ3n) is 3.15. The van der Waals surface area contributed by atoms with E-state index in [4.69, 9.17) is 5.73 Å². The van der Waals surface area contributed by atoms with Crippen LogP contribution in [0.25, 0.3) is 0 Å². The van der Waals surface area contributed by atoms with Crippen molar-refractivity contribution in [1.82, 2.24) is 9.62 Å². The molecule has 1 aromatic rings. The summed E-state index contributed by atoms with van der Waals surface area (Å²) in [4.78, 5) is 11.6. The second-order valence-corrected chi connectivity index (χ2v) is 6.44. The van der Waals surface area contributed by atoms with E-state index in [-0.39, 0.29) is 18.0 Å². The summed E-state index contributed by atoms with van der Waals surface area (Å²) in [6, 6.07) is 5.72. The number of rotatable bonds is 3. The summed E-state index contributed by atoms with van der Waals surface area (Å²) in [6.07, 6.45) is 0. The molecule has 7 heteroatoms. The third kappa shape index (κ3) is 2.78. The summed E-state index contributed by atoms with van der Waals surface area (Å²) in [5.41, 5.74) is 6.25. The molecule has 19 heavy (non-hydrogen) atoms. The zero-order chi connectivity index (χ0) is 14.0. The molecule has 1 aromatic carbocycles. The molecule has 0 saturated carbocycles. The number of piperazine rings is 1. The first-order valence-corrected chi connectivity index (χ1v) is 7.45. The predicted molar refractivity (Wildman–Crippen MR) is 70.9 cm³/mol. The van der Waals surface area contributed by atoms with Crippen molar-refractivity contribution in [3.05, 3.63) is 29.8 Å². The predicted octanol–water partition coefficient (Wildman–Crippen LogP) is -0.557. The smallest absolute Gasteiger partial charge is 0.243 e. The van der Waals surface area contributed by atoms with Crippen LogP contribution in [0.5, 0.6) is 0 Å². The van der Waals surface area contributed by atoms with Gasteiger partial charge in [-0.25, -0.2) is 8.42 Å². The molecule has 0 bridgehead atoms. The largest absolute Gasteiger partial charge is 0.368 e. The highest BCUT2D eigenvalue weighted by Gasteiger charge is 2.36. The molecule has 0 spiro atoms. The topological polar surface area (TPSA) is 92.5 Å². The average Bonchev–Trinajstić information content (AvgIpc) is 2.39. The molecule has 1 amide bonds. The van der Waals surface area contributed by atoms with Gasteiger partial charge < -0.3 is 11.1 Å². The van der Waals surface area contributed by atoms with Crippen molar-refractivity contribution in [2.45, 2.75) is 17.9 Å². The Morgan fingerprint density at radius 3 is 2.58 bits per heavy atom. The van der Waals surface area contributed by atoms with Crippen LogP contribution in [-0.4, -0.2) is 44.3 Å². The summed E-state index contributed by atoms with van der Waals surface area (Å²) in [6.45, 7) is 2.88. The average molecular weight is 283 g/mol. The first-order chi connectivity index (χ1) is 8.93. The quantitative estimate of drug-likeness (QED) is 0.778. The van der Waals surface area contributed by atoms with E-state index in [9.17, 15) is 13.2 Å². The van der Waals surface area contributed by atoms with E-state index in [1.807, 2.05) is 6.92 Å². The van der Waals surface area contributed by atoms with Crippen molar-refractivity contribution in [2.75, 3.05) is 19.6 Å². The van der Waals surface area contributed by atoms with E-state index in [0.717, 1.165) is 5.56 Å². The molecule has 1 atom stereocenters. The van der Waals surface area contributed by atoms with Gasteiger partial charge in [-0.2, -0.15) is 4.31 Å². The Morgan fingerprint density at radius 1 is 1.37 bits per heavy atom. The lowest BCUT2D eigenvalue weighted by Crippen LogP contribution is -2.58. The van der Waals surface area contributed by atoms with E-state index >= 15 is 0 Å². The number of nitrogens with two attached hydrogens (primary N) is 1. The molecule has 3 N–H and O–H groups in total. The zero-order valence-electron chi connectivity index (χ0n) is 10.7. The molecule has 6 nitrogen and oxygen atoms in total. The number of carbonyl (C=O) groups excluding carboxylic acids is 1. The first-order valence-electron chi connectivity index (χ1n) is 6.01. The summed E-state index contributed by atoms with van der Waals surface area (Å²) in [5, 5.41) is 2.97. The van der Waals surface area contributed by atoms with Crippen LogP contribution < -0.4 is 11.1 Å². The maximum absolute atomic E-state index is 12.5. The fourth-order valence-corrected chi connectivity index (χ4v) is 3.66. The van der Waals surface area contributed by atoms with Gasteiger partial charge in [0, 0.05) is 19.6 Å².